The first-order chi connectivity index (χ1) is 8.49. The zero-order valence-electron chi connectivity index (χ0n) is 9.35. The first-order valence-corrected chi connectivity index (χ1v) is 5.77. The van der Waals surface area contributed by atoms with Gasteiger partial charge in [0.25, 0.3) is 6.43 Å². The quantitative estimate of drug-likeness (QED) is 0.835. The van der Waals surface area contributed by atoms with Gasteiger partial charge in [-0.1, -0.05) is 0 Å². The minimum atomic E-state index is -2.63. The summed E-state index contributed by atoms with van der Waals surface area (Å²) in [5.41, 5.74) is 5.17. The van der Waals surface area contributed by atoms with Crippen LogP contribution in [0.25, 0.3) is 0 Å². The topological polar surface area (TPSA) is 76.7 Å². The van der Waals surface area contributed by atoms with Crippen LogP contribution < -0.4 is 11.4 Å². The molecule has 0 saturated heterocycles. The normalized spacial score (nSPS) is 11.1. The predicted octanol–water partition coefficient (Wildman–Crippen LogP) is 1.78. The van der Waals surface area contributed by atoms with Crippen molar-refractivity contribution in [2.24, 2.45) is 7.05 Å². The van der Waals surface area contributed by atoms with Crippen molar-refractivity contribution in [3.63, 3.8) is 0 Å². The summed E-state index contributed by atoms with van der Waals surface area (Å²) < 4.78 is 26.9. The lowest BCUT2D eigenvalue weighted by molar-refractivity contribution is 0.148. The molecule has 1 aromatic heterocycles. The van der Waals surface area contributed by atoms with Gasteiger partial charge in [0.05, 0.1) is 0 Å². The number of rotatable bonds is 3. The molecule has 0 atom stereocenters. The number of aromatic nitrogens is 3. The van der Waals surface area contributed by atoms with E-state index in [-0.39, 0.29) is 11.3 Å². The molecule has 8 heteroatoms. The van der Waals surface area contributed by atoms with Crippen LogP contribution in [0, 0.1) is 0 Å². The summed E-state index contributed by atoms with van der Waals surface area (Å²) in [7, 11) is 1.51. The second-order valence-electron chi connectivity index (χ2n) is 3.57. The molecule has 0 bridgehead atoms. The number of nitrogens with zero attached hydrogens (tertiary/aromatic N) is 2. The highest BCUT2D eigenvalue weighted by molar-refractivity contribution is 7.99. The van der Waals surface area contributed by atoms with Gasteiger partial charge in [-0.3, -0.25) is 4.57 Å². The third-order valence-electron chi connectivity index (χ3n) is 2.31. The van der Waals surface area contributed by atoms with Crippen molar-refractivity contribution in [1.29, 1.82) is 0 Å². The van der Waals surface area contributed by atoms with Gasteiger partial charge in [-0.05, 0) is 30.0 Å². The molecule has 0 aliphatic heterocycles. The Morgan fingerprint density at radius 1 is 1.50 bits per heavy atom. The molecule has 1 heterocycles. The Hall–Kier alpha value is -1.83. The molecule has 5 nitrogen and oxygen atoms in total. The largest absolute Gasteiger partial charge is 0.399 e. The van der Waals surface area contributed by atoms with E-state index in [2.05, 4.69) is 10.2 Å². The van der Waals surface area contributed by atoms with E-state index >= 15 is 0 Å². The van der Waals surface area contributed by atoms with Crippen LogP contribution in [0.1, 0.15) is 12.0 Å². The first-order valence-electron chi connectivity index (χ1n) is 4.96. The van der Waals surface area contributed by atoms with Crippen LogP contribution in [0.2, 0.25) is 0 Å². The molecular formula is C10H10F2N4OS. The van der Waals surface area contributed by atoms with Gasteiger partial charge < -0.3 is 5.73 Å². The average Bonchev–Trinajstić information content (AvgIpc) is 2.63. The Balaban J connectivity index is 2.40. The number of nitrogens with two attached hydrogens (primary N) is 1. The SMILES string of the molecule is Cn1c(Sc2ccc(N)cc2C(F)F)n[nH]c1=O. The van der Waals surface area contributed by atoms with Gasteiger partial charge in [-0.15, -0.1) is 5.10 Å². The molecule has 0 aliphatic rings. The summed E-state index contributed by atoms with van der Waals surface area (Å²) in [6.45, 7) is 0. The van der Waals surface area contributed by atoms with E-state index in [1.807, 2.05) is 0 Å². The van der Waals surface area contributed by atoms with Crippen molar-refractivity contribution < 1.29 is 8.78 Å². The summed E-state index contributed by atoms with van der Waals surface area (Å²) in [6.07, 6.45) is -2.63. The Morgan fingerprint density at radius 3 is 2.78 bits per heavy atom. The highest BCUT2D eigenvalue weighted by Crippen LogP contribution is 2.34. The zero-order valence-corrected chi connectivity index (χ0v) is 10.2. The van der Waals surface area contributed by atoms with E-state index in [1.165, 1.54) is 29.8 Å². The molecule has 1 aromatic carbocycles. The molecule has 2 rings (SSSR count). The Kier molecular flexibility index (Phi) is 3.37. The number of H-pyrrole nitrogens is 1. The van der Waals surface area contributed by atoms with Crippen LogP contribution >= 0.6 is 11.8 Å². The van der Waals surface area contributed by atoms with Crippen molar-refractivity contribution in [1.82, 2.24) is 14.8 Å². The third kappa shape index (κ3) is 2.37. The molecule has 96 valence electrons. The number of hydrogen-bond acceptors (Lipinski definition) is 4. The predicted molar refractivity (Wildman–Crippen MR) is 63.8 cm³/mol. The number of benzene rings is 1. The van der Waals surface area contributed by atoms with Gasteiger partial charge in [0.15, 0.2) is 5.16 Å². The maximum Gasteiger partial charge on any atom is 0.343 e. The third-order valence-corrected chi connectivity index (χ3v) is 3.45. The highest BCUT2D eigenvalue weighted by Gasteiger charge is 2.16. The monoisotopic (exact) mass is 272 g/mol. The van der Waals surface area contributed by atoms with Crippen molar-refractivity contribution in [2.45, 2.75) is 16.5 Å². The lowest BCUT2D eigenvalue weighted by atomic mass is 10.2. The molecule has 0 spiro atoms. The summed E-state index contributed by atoms with van der Waals surface area (Å²) >= 11 is 0.984. The van der Waals surface area contributed by atoms with E-state index in [9.17, 15) is 13.6 Å². The second-order valence-corrected chi connectivity index (χ2v) is 4.58. The molecule has 0 radical (unpaired) electrons. The maximum atomic E-state index is 12.9. The molecule has 0 amide bonds. The van der Waals surface area contributed by atoms with Crippen molar-refractivity contribution in [3.05, 3.63) is 34.2 Å². The molecule has 3 N–H and O–H groups in total. The van der Waals surface area contributed by atoms with Gasteiger partial charge in [-0.2, -0.15) is 0 Å². The summed E-state index contributed by atoms with van der Waals surface area (Å²) in [4.78, 5) is 11.5. The van der Waals surface area contributed by atoms with E-state index < -0.39 is 12.1 Å². The number of nitrogens with one attached hydrogen (secondary N) is 1. The molecule has 0 saturated carbocycles. The van der Waals surface area contributed by atoms with Gasteiger partial charge in [0.1, 0.15) is 0 Å². The second kappa shape index (κ2) is 4.81. The van der Waals surface area contributed by atoms with Gasteiger partial charge in [-0.25, -0.2) is 18.7 Å². The van der Waals surface area contributed by atoms with E-state index in [0.717, 1.165) is 11.8 Å². The van der Waals surface area contributed by atoms with Crippen molar-refractivity contribution >= 4 is 17.4 Å². The van der Waals surface area contributed by atoms with Crippen LogP contribution in [-0.4, -0.2) is 14.8 Å². The van der Waals surface area contributed by atoms with Crippen LogP contribution in [0.4, 0.5) is 14.5 Å². The lowest BCUT2D eigenvalue weighted by Crippen LogP contribution is -2.12. The van der Waals surface area contributed by atoms with E-state index in [1.54, 1.807) is 0 Å². The van der Waals surface area contributed by atoms with Crippen molar-refractivity contribution in [3.8, 4) is 0 Å². The number of aromatic amines is 1. The lowest BCUT2D eigenvalue weighted by Gasteiger charge is -2.08. The molecule has 18 heavy (non-hydrogen) atoms. The number of hydrogen-bond donors (Lipinski definition) is 2. The summed E-state index contributed by atoms with van der Waals surface area (Å²) in [5.74, 6) is 0. The molecular weight excluding hydrogens is 262 g/mol. The summed E-state index contributed by atoms with van der Waals surface area (Å²) in [6, 6.07) is 4.23. The Bertz CT molecular complexity index is 623. The minimum Gasteiger partial charge on any atom is -0.399 e. The fraction of sp³-hybridized carbons (Fsp3) is 0.200. The number of anilines is 1. The van der Waals surface area contributed by atoms with Crippen LogP contribution in [0.3, 0.4) is 0 Å². The number of halogens is 2. The molecule has 0 unspecified atom stereocenters. The Morgan fingerprint density at radius 2 is 2.22 bits per heavy atom. The van der Waals surface area contributed by atoms with Gasteiger partial charge in [0, 0.05) is 23.2 Å². The molecule has 0 fully saturated rings. The average molecular weight is 272 g/mol. The highest BCUT2D eigenvalue weighted by atomic mass is 32.2. The van der Waals surface area contributed by atoms with E-state index in [0.29, 0.717) is 10.1 Å². The zero-order chi connectivity index (χ0) is 13.3. The van der Waals surface area contributed by atoms with Crippen LogP contribution in [-0.2, 0) is 7.05 Å². The van der Waals surface area contributed by atoms with Gasteiger partial charge in [0.2, 0.25) is 0 Å². The fourth-order valence-electron chi connectivity index (χ4n) is 1.35. The number of alkyl halides is 2. The van der Waals surface area contributed by atoms with Crippen molar-refractivity contribution in [2.75, 3.05) is 5.73 Å². The fourth-order valence-corrected chi connectivity index (χ4v) is 2.26. The minimum absolute atomic E-state index is 0.171. The molecule has 0 aliphatic carbocycles. The Labute approximate surface area is 105 Å². The smallest absolute Gasteiger partial charge is 0.343 e. The van der Waals surface area contributed by atoms with Gasteiger partial charge >= 0.3 is 5.69 Å². The van der Waals surface area contributed by atoms with E-state index in [4.69, 9.17) is 5.73 Å². The summed E-state index contributed by atoms with van der Waals surface area (Å²) in [5, 5.41) is 6.30. The number of nitrogen functional groups attached to an aromatic ring is 1. The molecule has 2 aromatic rings. The maximum absolute atomic E-state index is 12.9. The first kappa shape index (κ1) is 12.6. The van der Waals surface area contributed by atoms with Crippen LogP contribution in [0.5, 0.6) is 0 Å². The standard InChI is InChI=1S/C10H10F2N4OS/c1-16-9(17)14-15-10(16)18-7-3-2-5(13)4-6(7)8(11)12/h2-4,8H,13H2,1H3,(H,14,17). The van der Waals surface area contributed by atoms with Crippen LogP contribution in [0.15, 0.2) is 33.0 Å².